The van der Waals surface area contributed by atoms with Gasteiger partial charge in [0.25, 0.3) is 0 Å². The minimum atomic E-state index is -0.693. The van der Waals surface area contributed by atoms with E-state index in [0.29, 0.717) is 6.54 Å². The summed E-state index contributed by atoms with van der Waals surface area (Å²) in [4.78, 5) is 26.0. The van der Waals surface area contributed by atoms with Crippen molar-refractivity contribution in [2.24, 2.45) is 5.73 Å². The lowest BCUT2D eigenvalue weighted by Gasteiger charge is -2.23. The maximum Gasteiger partial charge on any atom is 0.327 e. The van der Waals surface area contributed by atoms with Gasteiger partial charge >= 0.3 is 11.9 Å². The number of aromatic amines is 1. The molecule has 0 saturated carbocycles. The van der Waals surface area contributed by atoms with Gasteiger partial charge < -0.3 is 20.8 Å². The Morgan fingerprint density at radius 2 is 2.21 bits per heavy atom. The molecule has 0 saturated heterocycles. The number of aryl methyl sites for hydroxylation is 1. The summed E-state index contributed by atoms with van der Waals surface area (Å²) in [5.74, 6) is -1.24. The molecule has 128 valence electrons. The van der Waals surface area contributed by atoms with Gasteiger partial charge in [0.1, 0.15) is 0 Å². The molecule has 0 amide bonds. The summed E-state index contributed by atoms with van der Waals surface area (Å²) in [7, 11) is 0. The Bertz CT molecular complexity index is 772. The van der Waals surface area contributed by atoms with Crippen LogP contribution in [-0.2, 0) is 20.7 Å². The lowest BCUT2D eigenvalue weighted by molar-refractivity contribution is -0.158. The normalized spacial score (nSPS) is 16.8. The zero-order chi connectivity index (χ0) is 17.1. The molecule has 1 heterocycles. The molecule has 1 unspecified atom stereocenters. The molecule has 0 aliphatic heterocycles. The average Bonchev–Trinajstić information content (AvgIpc) is 2.93. The molecule has 24 heavy (non-hydrogen) atoms. The first-order chi connectivity index (χ1) is 11.6. The van der Waals surface area contributed by atoms with Crippen LogP contribution in [0.3, 0.4) is 0 Å². The van der Waals surface area contributed by atoms with Crippen LogP contribution in [-0.4, -0.2) is 30.0 Å². The van der Waals surface area contributed by atoms with E-state index in [4.69, 9.17) is 5.73 Å². The number of benzene rings is 1. The summed E-state index contributed by atoms with van der Waals surface area (Å²) in [6.07, 6.45) is 3.30. The van der Waals surface area contributed by atoms with Crippen LogP contribution >= 0.6 is 15.9 Å². The number of carbonyl (C=O) groups excluding carboxylic acids is 2. The molecule has 1 aliphatic rings. The SMILES string of the molecule is NCC(=O)OC(=O)CCNC1CCCc2c1[nH]c1ccc(Br)cc21. The highest BCUT2D eigenvalue weighted by molar-refractivity contribution is 9.10. The number of halogens is 1. The monoisotopic (exact) mass is 393 g/mol. The highest BCUT2D eigenvalue weighted by atomic mass is 79.9. The Kier molecular flexibility index (Phi) is 5.33. The second-order valence-electron chi connectivity index (χ2n) is 5.91. The third-order valence-corrected chi connectivity index (χ3v) is 4.78. The molecule has 1 aliphatic carbocycles. The molecule has 0 spiro atoms. The number of nitrogens with two attached hydrogens (primary N) is 1. The molecule has 7 heteroatoms. The van der Waals surface area contributed by atoms with Crippen molar-refractivity contribution < 1.29 is 14.3 Å². The first kappa shape index (κ1) is 17.1. The van der Waals surface area contributed by atoms with Crippen LogP contribution in [0, 0.1) is 0 Å². The fraction of sp³-hybridized carbons (Fsp3) is 0.412. The molecular weight excluding hydrogens is 374 g/mol. The van der Waals surface area contributed by atoms with E-state index in [0.717, 1.165) is 29.3 Å². The number of H-pyrrole nitrogens is 1. The molecule has 4 N–H and O–H groups in total. The number of fused-ring (bicyclic) bond motifs is 3. The number of hydrogen-bond donors (Lipinski definition) is 3. The molecular formula is C17H20BrN3O3. The molecule has 3 rings (SSSR count). The van der Waals surface area contributed by atoms with E-state index < -0.39 is 11.9 Å². The van der Waals surface area contributed by atoms with Crippen LogP contribution in [0.5, 0.6) is 0 Å². The third kappa shape index (κ3) is 3.68. The zero-order valence-corrected chi connectivity index (χ0v) is 14.8. The van der Waals surface area contributed by atoms with Crippen LogP contribution in [0.15, 0.2) is 22.7 Å². The number of ether oxygens (including phenoxy) is 1. The van der Waals surface area contributed by atoms with Crippen molar-refractivity contribution >= 4 is 38.8 Å². The fourth-order valence-corrected chi connectivity index (χ4v) is 3.57. The highest BCUT2D eigenvalue weighted by Crippen LogP contribution is 2.35. The van der Waals surface area contributed by atoms with Crippen LogP contribution < -0.4 is 11.1 Å². The van der Waals surface area contributed by atoms with Gasteiger partial charge in [-0.25, -0.2) is 0 Å². The lowest BCUT2D eigenvalue weighted by atomic mass is 9.91. The fourth-order valence-electron chi connectivity index (χ4n) is 3.21. The van der Waals surface area contributed by atoms with Gasteiger partial charge in [0, 0.05) is 33.7 Å². The van der Waals surface area contributed by atoms with Gasteiger partial charge in [-0.05, 0) is 43.0 Å². The topological polar surface area (TPSA) is 97.2 Å². The van der Waals surface area contributed by atoms with Gasteiger partial charge in [0.15, 0.2) is 0 Å². The van der Waals surface area contributed by atoms with Gasteiger partial charge in [-0.15, -0.1) is 0 Å². The van der Waals surface area contributed by atoms with Crippen molar-refractivity contribution in [3.8, 4) is 0 Å². The van der Waals surface area contributed by atoms with Crippen molar-refractivity contribution in [3.05, 3.63) is 33.9 Å². The maximum absolute atomic E-state index is 11.5. The Hall–Kier alpha value is -1.70. The summed E-state index contributed by atoms with van der Waals surface area (Å²) in [6, 6.07) is 6.42. The summed E-state index contributed by atoms with van der Waals surface area (Å²) < 4.78 is 5.63. The second-order valence-corrected chi connectivity index (χ2v) is 6.82. The summed E-state index contributed by atoms with van der Waals surface area (Å²) in [6.45, 7) is 0.176. The molecule has 1 aromatic carbocycles. The number of rotatable bonds is 5. The number of hydrogen-bond acceptors (Lipinski definition) is 5. The van der Waals surface area contributed by atoms with Crippen molar-refractivity contribution in [2.75, 3.05) is 13.1 Å². The molecule has 6 nitrogen and oxygen atoms in total. The second kappa shape index (κ2) is 7.46. The van der Waals surface area contributed by atoms with E-state index in [1.807, 2.05) is 6.07 Å². The van der Waals surface area contributed by atoms with Crippen molar-refractivity contribution in [1.82, 2.24) is 10.3 Å². The quantitative estimate of drug-likeness (QED) is 0.534. The van der Waals surface area contributed by atoms with Crippen molar-refractivity contribution in [1.29, 1.82) is 0 Å². The van der Waals surface area contributed by atoms with Crippen LogP contribution in [0.2, 0.25) is 0 Å². The highest BCUT2D eigenvalue weighted by Gasteiger charge is 2.24. The Morgan fingerprint density at radius 3 is 3.00 bits per heavy atom. The minimum absolute atomic E-state index is 0.142. The van der Waals surface area contributed by atoms with E-state index in [1.165, 1.54) is 16.6 Å². The number of nitrogens with one attached hydrogen (secondary N) is 2. The average molecular weight is 394 g/mol. The van der Waals surface area contributed by atoms with Crippen LogP contribution in [0.4, 0.5) is 0 Å². The number of carbonyl (C=O) groups is 2. The van der Waals surface area contributed by atoms with Gasteiger partial charge in [-0.1, -0.05) is 15.9 Å². The Balaban J connectivity index is 1.66. The number of aromatic nitrogens is 1. The predicted molar refractivity (Wildman–Crippen MR) is 94.5 cm³/mol. The van der Waals surface area contributed by atoms with Gasteiger partial charge in [0.05, 0.1) is 13.0 Å². The van der Waals surface area contributed by atoms with E-state index >= 15 is 0 Å². The van der Waals surface area contributed by atoms with Crippen LogP contribution in [0.25, 0.3) is 10.9 Å². The Labute approximate surface area is 148 Å². The van der Waals surface area contributed by atoms with Crippen molar-refractivity contribution in [2.45, 2.75) is 31.7 Å². The first-order valence-corrected chi connectivity index (χ1v) is 8.84. The largest absolute Gasteiger partial charge is 0.392 e. The van der Waals surface area contributed by atoms with Gasteiger partial charge in [0.2, 0.25) is 0 Å². The van der Waals surface area contributed by atoms with E-state index in [2.05, 4.69) is 43.1 Å². The standard InChI is InChI=1S/C17H20BrN3O3/c18-10-4-5-13-12(8-10)11-2-1-3-14(17(11)21-13)20-7-6-15(22)24-16(23)9-19/h4-5,8,14,20-21H,1-3,6-7,9,19H2. The summed E-state index contributed by atoms with van der Waals surface area (Å²) >= 11 is 3.53. The van der Waals surface area contributed by atoms with Crippen LogP contribution in [0.1, 0.15) is 36.6 Å². The molecule has 1 aromatic heterocycles. The molecule has 2 aromatic rings. The lowest BCUT2D eigenvalue weighted by Crippen LogP contribution is -2.29. The van der Waals surface area contributed by atoms with Crippen molar-refractivity contribution in [3.63, 3.8) is 0 Å². The first-order valence-electron chi connectivity index (χ1n) is 8.05. The number of esters is 2. The summed E-state index contributed by atoms with van der Waals surface area (Å²) in [5, 5.41) is 4.64. The smallest absolute Gasteiger partial charge is 0.327 e. The van der Waals surface area contributed by atoms with Gasteiger partial charge in [-0.3, -0.25) is 9.59 Å². The molecule has 0 bridgehead atoms. The molecule has 1 atom stereocenters. The van der Waals surface area contributed by atoms with E-state index in [9.17, 15) is 9.59 Å². The molecule has 0 radical (unpaired) electrons. The van der Waals surface area contributed by atoms with Gasteiger partial charge in [-0.2, -0.15) is 0 Å². The maximum atomic E-state index is 11.5. The zero-order valence-electron chi connectivity index (χ0n) is 13.2. The minimum Gasteiger partial charge on any atom is -0.392 e. The molecule has 0 fully saturated rings. The predicted octanol–water partition coefficient (Wildman–Crippen LogP) is 2.32. The Morgan fingerprint density at radius 1 is 1.38 bits per heavy atom. The summed E-state index contributed by atoms with van der Waals surface area (Å²) in [5.41, 5.74) is 8.78. The van der Waals surface area contributed by atoms with E-state index in [-0.39, 0.29) is 19.0 Å². The van der Waals surface area contributed by atoms with E-state index in [1.54, 1.807) is 0 Å². The third-order valence-electron chi connectivity index (χ3n) is 4.28.